The lowest BCUT2D eigenvalue weighted by atomic mass is 10.1. The van der Waals surface area contributed by atoms with Crippen molar-refractivity contribution in [3.63, 3.8) is 0 Å². The summed E-state index contributed by atoms with van der Waals surface area (Å²) in [7, 11) is 2.16. The van der Waals surface area contributed by atoms with Crippen molar-refractivity contribution >= 4 is 5.82 Å². The first-order valence-corrected chi connectivity index (χ1v) is 7.02. The van der Waals surface area contributed by atoms with E-state index in [1.54, 1.807) is 0 Å². The molecule has 1 fully saturated rings. The zero-order chi connectivity index (χ0) is 13.1. The summed E-state index contributed by atoms with van der Waals surface area (Å²) in [5.74, 6) is 2.88. The van der Waals surface area contributed by atoms with E-state index < -0.39 is 0 Å². The van der Waals surface area contributed by atoms with Crippen LogP contribution >= 0.6 is 0 Å². The molecule has 0 amide bonds. The highest BCUT2D eigenvalue weighted by molar-refractivity contribution is 5.47. The van der Waals surface area contributed by atoms with Crippen LogP contribution in [0.4, 0.5) is 5.82 Å². The number of hydrogen-bond acceptors (Lipinski definition) is 3. The van der Waals surface area contributed by atoms with Crippen LogP contribution in [0.25, 0.3) is 0 Å². The van der Waals surface area contributed by atoms with Crippen molar-refractivity contribution in [3.8, 4) is 0 Å². The highest BCUT2D eigenvalue weighted by atomic mass is 15.2. The van der Waals surface area contributed by atoms with E-state index >= 15 is 0 Å². The van der Waals surface area contributed by atoms with Crippen molar-refractivity contribution in [2.45, 2.75) is 33.2 Å². The van der Waals surface area contributed by atoms with Gasteiger partial charge in [0.15, 0.2) is 0 Å². The molecule has 3 atom stereocenters. The van der Waals surface area contributed by atoms with Crippen molar-refractivity contribution < 1.29 is 0 Å². The summed E-state index contributed by atoms with van der Waals surface area (Å²) in [6.07, 6.45) is 3.26. The van der Waals surface area contributed by atoms with Gasteiger partial charge in [0.05, 0.1) is 0 Å². The predicted molar refractivity (Wildman–Crippen MR) is 76.9 cm³/mol. The van der Waals surface area contributed by atoms with E-state index in [9.17, 15) is 0 Å². The van der Waals surface area contributed by atoms with Crippen LogP contribution in [0.15, 0.2) is 18.3 Å². The minimum atomic E-state index is 0.359. The first-order chi connectivity index (χ1) is 8.63. The van der Waals surface area contributed by atoms with Crippen LogP contribution in [-0.4, -0.2) is 25.1 Å². The lowest BCUT2D eigenvalue weighted by Gasteiger charge is -2.24. The van der Waals surface area contributed by atoms with Gasteiger partial charge < -0.3 is 10.2 Å². The maximum absolute atomic E-state index is 4.57. The van der Waals surface area contributed by atoms with Crippen molar-refractivity contribution in [3.05, 3.63) is 23.9 Å². The normalized spacial score (nSPS) is 23.8. The summed E-state index contributed by atoms with van der Waals surface area (Å²) in [4.78, 5) is 6.89. The Morgan fingerprint density at radius 2 is 2.28 bits per heavy atom. The Balaban J connectivity index is 2.10. The van der Waals surface area contributed by atoms with Gasteiger partial charge in [-0.25, -0.2) is 4.98 Å². The van der Waals surface area contributed by atoms with Crippen molar-refractivity contribution in [2.75, 3.05) is 25.0 Å². The van der Waals surface area contributed by atoms with E-state index in [1.165, 1.54) is 12.0 Å². The first-order valence-electron chi connectivity index (χ1n) is 7.02. The third-order valence-corrected chi connectivity index (χ3v) is 3.94. The van der Waals surface area contributed by atoms with Gasteiger partial charge in [-0.15, -0.1) is 0 Å². The summed E-state index contributed by atoms with van der Waals surface area (Å²) >= 11 is 0. The van der Waals surface area contributed by atoms with E-state index in [2.05, 4.69) is 49.1 Å². The lowest BCUT2D eigenvalue weighted by molar-refractivity contribution is 0.593. The van der Waals surface area contributed by atoms with Gasteiger partial charge in [0, 0.05) is 31.4 Å². The van der Waals surface area contributed by atoms with E-state index in [-0.39, 0.29) is 0 Å². The summed E-state index contributed by atoms with van der Waals surface area (Å²) in [5.41, 5.74) is 1.30. The molecule has 1 aromatic rings. The summed E-state index contributed by atoms with van der Waals surface area (Å²) in [6.45, 7) is 8.79. The van der Waals surface area contributed by atoms with Crippen LogP contribution in [0.1, 0.15) is 38.8 Å². The third-order valence-electron chi connectivity index (χ3n) is 3.94. The fraction of sp³-hybridized carbons (Fsp3) is 0.667. The number of rotatable bonds is 6. The fourth-order valence-corrected chi connectivity index (χ4v) is 2.57. The molecule has 18 heavy (non-hydrogen) atoms. The average Bonchev–Trinajstić information content (AvgIpc) is 3.05. The molecule has 0 aliphatic heterocycles. The second-order valence-electron chi connectivity index (χ2n) is 5.55. The maximum atomic E-state index is 4.57. The smallest absolute Gasteiger partial charge is 0.133 e. The zero-order valence-corrected chi connectivity index (χ0v) is 12.0. The molecule has 1 N–H and O–H groups in total. The highest BCUT2D eigenvalue weighted by Crippen LogP contribution is 2.39. The number of aromatic nitrogens is 1. The van der Waals surface area contributed by atoms with E-state index in [0.717, 1.165) is 30.7 Å². The largest absolute Gasteiger partial charge is 0.359 e. The minimum absolute atomic E-state index is 0.359. The molecule has 3 unspecified atom stereocenters. The second kappa shape index (κ2) is 5.70. The van der Waals surface area contributed by atoms with Gasteiger partial charge in [0.2, 0.25) is 0 Å². The molecule has 100 valence electrons. The van der Waals surface area contributed by atoms with Gasteiger partial charge in [-0.1, -0.05) is 19.9 Å². The number of anilines is 1. The molecule has 1 aliphatic rings. The fourth-order valence-electron chi connectivity index (χ4n) is 2.57. The van der Waals surface area contributed by atoms with Gasteiger partial charge in [0.1, 0.15) is 5.82 Å². The quantitative estimate of drug-likeness (QED) is 0.838. The van der Waals surface area contributed by atoms with E-state index in [0.29, 0.717) is 6.04 Å². The van der Waals surface area contributed by atoms with Crippen molar-refractivity contribution in [2.24, 2.45) is 11.8 Å². The number of nitrogens with zero attached hydrogens (tertiary/aromatic N) is 2. The molecule has 1 aromatic heterocycles. The Morgan fingerprint density at radius 1 is 1.56 bits per heavy atom. The van der Waals surface area contributed by atoms with Crippen LogP contribution in [0.3, 0.4) is 0 Å². The SMILES string of the molecule is CCNC(C)c1cccnc1N(C)CC1CC1C. The highest BCUT2D eigenvalue weighted by Gasteiger charge is 2.33. The molecular formula is C15H25N3. The minimum Gasteiger partial charge on any atom is -0.359 e. The molecule has 2 rings (SSSR count). The second-order valence-corrected chi connectivity index (χ2v) is 5.55. The number of pyridine rings is 1. The van der Waals surface area contributed by atoms with Crippen LogP contribution in [0.2, 0.25) is 0 Å². The first kappa shape index (κ1) is 13.3. The van der Waals surface area contributed by atoms with Crippen LogP contribution in [0, 0.1) is 11.8 Å². The molecule has 0 saturated heterocycles. The standard InChI is InChI=1S/C15H25N3/c1-5-16-12(3)14-7-6-8-17-15(14)18(4)10-13-9-11(13)2/h6-8,11-13,16H,5,9-10H2,1-4H3. The van der Waals surface area contributed by atoms with Crippen molar-refractivity contribution in [1.82, 2.24) is 10.3 Å². The Bertz CT molecular complexity index is 391. The van der Waals surface area contributed by atoms with E-state index in [4.69, 9.17) is 0 Å². The van der Waals surface area contributed by atoms with Crippen LogP contribution < -0.4 is 10.2 Å². The van der Waals surface area contributed by atoms with Crippen LogP contribution in [-0.2, 0) is 0 Å². The molecule has 3 heteroatoms. The molecule has 1 saturated carbocycles. The monoisotopic (exact) mass is 247 g/mol. The third kappa shape index (κ3) is 3.02. The molecule has 0 radical (unpaired) electrons. The molecule has 3 nitrogen and oxygen atoms in total. The molecule has 0 spiro atoms. The van der Waals surface area contributed by atoms with Crippen molar-refractivity contribution in [1.29, 1.82) is 0 Å². The lowest BCUT2D eigenvalue weighted by Crippen LogP contribution is -2.26. The van der Waals surface area contributed by atoms with Gasteiger partial charge in [0.25, 0.3) is 0 Å². The topological polar surface area (TPSA) is 28.2 Å². The molecule has 0 aromatic carbocycles. The summed E-state index contributed by atoms with van der Waals surface area (Å²) in [6, 6.07) is 4.57. The summed E-state index contributed by atoms with van der Waals surface area (Å²) in [5, 5.41) is 3.47. The zero-order valence-electron chi connectivity index (χ0n) is 12.0. The van der Waals surface area contributed by atoms with Gasteiger partial charge in [-0.2, -0.15) is 0 Å². The van der Waals surface area contributed by atoms with Crippen LogP contribution in [0.5, 0.6) is 0 Å². The van der Waals surface area contributed by atoms with Gasteiger partial charge in [-0.05, 0) is 37.8 Å². The number of hydrogen-bond donors (Lipinski definition) is 1. The van der Waals surface area contributed by atoms with E-state index in [1.807, 2.05) is 12.3 Å². The Morgan fingerprint density at radius 3 is 2.89 bits per heavy atom. The van der Waals surface area contributed by atoms with Gasteiger partial charge in [-0.3, -0.25) is 0 Å². The molecular weight excluding hydrogens is 222 g/mol. The molecule has 1 aliphatic carbocycles. The maximum Gasteiger partial charge on any atom is 0.133 e. The predicted octanol–water partition coefficient (Wildman–Crippen LogP) is 2.84. The number of nitrogens with one attached hydrogen (secondary N) is 1. The summed E-state index contributed by atoms with van der Waals surface area (Å²) < 4.78 is 0. The average molecular weight is 247 g/mol. The molecule has 0 bridgehead atoms. The Labute approximate surface area is 111 Å². The Hall–Kier alpha value is -1.09. The molecule has 1 heterocycles. The van der Waals surface area contributed by atoms with Gasteiger partial charge >= 0.3 is 0 Å². The Kier molecular flexibility index (Phi) is 4.23.